The lowest BCUT2D eigenvalue weighted by atomic mass is 9.96. The van der Waals surface area contributed by atoms with Crippen molar-refractivity contribution >= 4 is 23.5 Å². The fraction of sp³-hybridized carbons (Fsp3) is 0.480. The molecule has 2 heterocycles. The summed E-state index contributed by atoms with van der Waals surface area (Å²) in [5.41, 5.74) is 1.25. The van der Waals surface area contributed by atoms with Crippen molar-refractivity contribution in [3.63, 3.8) is 0 Å². The zero-order chi connectivity index (χ0) is 28.7. The molecule has 1 amide bonds. The molecule has 1 aliphatic rings. The fourth-order valence-electron chi connectivity index (χ4n) is 4.05. The van der Waals surface area contributed by atoms with E-state index in [1.165, 1.54) is 39.7 Å². The third-order valence-corrected chi connectivity index (χ3v) is 6.38. The molecule has 0 saturated carbocycles. The van der Waals surface area contributed by atoms with Gasteiger partial charge in [0.25, 0.3) is 5.91 Å². The van der Waals surface area contributed by atoms with Crippen LogP contribution in [-0.2, 0) is 27.3 Å². The Morgan fingerprint density at radius 2 is 1.85 bits per heavy atom. The Morgan fingerprint density at radius 1 is 1.10 bits per heavy atom. The number of hydrogen-bond donors (Lipinski definition) is 5. The van der Waals surface area contributed by atoms with Crippen LogP contribution in [0.1, 0.15) is 27.9 Å². The number of aliphatic hydroxyl groups is 3. The third-order valence-electron chi connectivity index (χ3n) is 6.09. The van der Waals surface area contributed by atoms with E-state index in [0.29, 0.717) is 17.0 Å². The molecule has 5 N–H and O–H groups in total. The van der Waals surface area contributed by atoms with Gasteiger partial charge in [-0.05, 0) is 18.6 Å². The molecule has 5 atom stereocenters. The molecule has 0 bridgehead atoms. The molecule has 0 aliphatic carbocycles. The topological polar surface area (TPSA) is 186 Å². The molecule has 0 radical (unpaired) electrons. The number of hydrogen-bond acceptors (Lipinski definition) is 11. The summed E-state index contributed by atoms with van der Waals surface area (Å²) < 4.78 is 27.0. The molecule has 2 aromatic rings. The number of carboxylic acid groups (broad SMARTS) is 1. The maximum absolute atomic E-state index is 13.1. The van der Waals surface area contributed by atoms with Crippen LogP contribution in [0.4, 0.5) is 0 Å². The van der Waals surface area contributed by atoms with Crippen molar-refractivity contribution in [2.45, 2.75) is 50.1 Å². The van der Waals surface area contributed by atoms with Gasteiger partial charge >= 0.3 is 5.97 Å². The van der Waals surface area contributed by atoms with Gasteiger partial charge in [0.2, 0.25) is 5.88 Å². The van der Waals surface area contributed by atoms with Crippen molar-refractivity contribution in [3.8, 4) is 17.4 Å². The number of carboxylic acids is 1. The first-order valence-electron chi connectivity index (χ1n) is 11.8. The Balaban J connectivity index is 1.76. The van der Waals surface area contributed by atoms with Crippen molar-refractivity contribution < 1.29 is 53.7 Å². The van der Waals surface area contributed by atoms with E-state index in [1.54, 1.807) is 6.07 Å². The number of nitrogens with zero attached hydrogens (tertiary/aromatic N) is 1. The van der Waals surface area contributed by atoms with Gasteiger partial charge in [0.15, 0.2) is 6.29 Å². The van der Waals surface area contributed by atoms with Crippen LogP contribution in [0, 0.1) is 0 Å². The van der Waals surface area contributed by atoms with Crippen molar-refractivity contribution in [3.05, 3.63) is 46.1 Å². The number of halogens is 1. The van der Waals surface area contributed by atoms with Gasteiger partial charge in [-0.2, -0.15) is 0 Å². The van der Waals surface area contributed by atoms with E-state index in [1.807, 2.05) is 0 Å². The predicted molar refractivity (Wildman–Crippen MR) is 135 cm³/mol. The maximum atomic E-state index is 13.1. The Kier molecular flexibility index (Phi) is 10.7. The molecule has 1 aromatic heterocycles. The lowest BCUT2D eigenvalue weighted by Gasteiger charge is -2.41. The minimum Gasteiger partial charge on any atom is -0.496 e. The summed E-state index contributed by atoms with van der Waals surface area (Å²) in [4.78, 5) is 28.2. The van der Waals surface area contributed by atoms with Crippen molar-refractivity contribution in [2.75, 3.05) is 27.9 Å². The number of methoxy groups -OCH3 is 3. The monoisotopic (exact) mass is 570 g/mol. The summed E-state index contributed by atoms with van der Waals surface area (Å²) in [6, 6.07) is 3.29. The van der Waals surface area contributed by atoms with Crippen LogP contribution in [0.3, 0.4) is 0 Å². The number of carbonyl (C=O) groups excluding carboxylic acids is 1. The second-order valence-electron chi connectivity index (χ2n) is 8.62. The van der Waals surface area contributed by atoms with Crippen LogP contribution in [-0.4, -0.2) is 95.9 Å². The highest BCUT2D eigenvalue weighted by atomic mass is 35.5. The number of amides is 1. The van der Waals surface area contributed by atoms with Gasteiger partial charge in [-0.25, -0.2) is 4.98 Å². The van der Waals surface area contributed by atoms with Crippen LogP contribution < -0.4 is 19.5 Å². The van der Waals surface area contributed by atoms with Crippen LogP contribution >= 0.6 is 11.6 Å². The number of nitrogens with one attached hydrogen (secondary N) is 1. The van der Waals surface area contributed by atoms with E-state index >= 15 is 0 Å². The van der Waals surface area contributed by atoms with Crippen LogP contribution in [0.5, 0.6) is 17.4 Å². The van der Waals surface area contributed by atoms with E-state index < -0.39 is 49.1 Å². The molecule has 39 heavy (non-hydrogen) atoms. The van der Waals surface area contributed by atoms with E-state index in [2.05, 4.69) is 10.3 Å². The highest BCUT2D eigenvalue weighted by Gasteiger charge is 2.45. The lowest BCUT2D eigenvalue weighted by molar-refractivity contribution is -0.261. The average molecular weight is 571 g/mol. The normalized spacial score (nSPS) is 22.7. The van der Waals surface area contributed by atoms with Crippen LogP contribution in [0.25, 0.3) is 0 Å². The van der Waals surface area contributed by atoms with Gasteiger partial charge in [-0.3, -0.25) is 9.59 Å². The Bertz CT molecular complexity index is 1160. The minimum atomic E-state index is -1.49. The molecule has 214 valence electrons. The van der Waals surface area contributed by atoms with Crippen molar-refractivity contribution in [1.82, 2.24) is 10.3 Å². The molecule has 3 rings (SSSR count). The van der Waals surface area contributed by atoms with Gasteiger partial charge in [-0.1, -0.05) is 11.6 Å². The number of carbonyl (C=O) groups is 2. The highest BCUT2D eigenvalue weighted by molar-refractivity contribution is 6.32. The largest absolute Gasteiger partial charge is 0.496 e. The Morgan fingerprint density at radius 3 is 2.46 bits per heavy atom. The van der Waals surface area contributed by atoms with Gasteiger partial charge in [0, 0.05) is 36.9 Å². The first-order chi connectivity index (χ1) is 18.6. The molecule has 13 nitrogen and oxygen atoms in total. The fourth-order valence-corrected chi connectivity index (χ4v) is 4.27. The smallest absolute Gasteiger partial charge is 0.303 e. The first kappa shape index (κ1) is 30.3. The number of ether oxygens (including phenoxy) is 5. The third kappa shape index (κ3) is 7.26. The molecule has 1 fully saturated rings. The van der Waals surface area contributed by atoms with E-state index in [4.69, 9.17) is 40.4 Å². The maximum Gasteiger partial charge on any atom is 0.303 e. The molecule has 1 aromatic carbocycles. The minimum absolute atomic E-state index is 0.0118. The summed E-state index contributed by atoms with van der Waals surface area (Å²) in [6.07, 6.45) is -3.54. The number of pyridine rings is 1. The van der Waals surface area contributed by atoms with Gasteiger partial charge in [0.05, 0.1) is 31.4 Å². The first-order valence-corrected chi connectivity index (χ1v) is 12.2. The molecule has 0 spiro atoms. The molecule has 0 unspecified atom stereocenters. The summed E-state index contributed by atoms with van der Waals surface area (Å²) >= 11 is 6.39. The van der Waals surface area contributed by atoms with Gasteiger partial charge in [-0.15, -0.1) is 0 Å². The van der Waals surface area contributed by atoms with Crippen LogP contribution in [0.2, 0.25) is 5.02 Å². The molecule has 1 saturated heterocycles. The summed E-state index contributed by atoms with van der Waals surface area (Å²) in [5, 5.41) is 41.7. The summed E-state index contributed by atoms with van der Waals surface area (Å²) in [7, 11) is 4.08. The quantitative estimate of drug-likeness (QED) is 0.239. The zero-order valence-electron chi connectivity index (χ0n) is 21.5. The van der Waals surface area contributed by atoms with Crippen LogP contribution in [0.15, 0.2) is 24.4 Å². The second kappa shape index (κ2) is 13.7. The SMILES string of the molecule is COc1cc(OCc2cnc(OC)c(CCC(=O)O)c2)c(Cl)cc1C(=O)N[C@H]1[C@@H](OC)O[C@H](CO)[C@@H](O)[C@@H]1O. The van der Waals surface area contributed by atoms with Crippen molar-refractivity contribution in [2.24, 2.45) is 0 Å². The number of aromatic nitrogens is 1. The molecule has 14 heteroatoms. The van der Waals surface area contributed by atoms with E-state index in [9.17, 15) is 24.9 Å². The number of rotatable bonds is 12. The highest BCUT2D eigenvalue weighted by Crippen LogP contribution is 2.34. The number of benzene rings is 1. The lowest BCUT2D eigenvalue weighted by Crippen LogP contribution is -2.64. The van der Waals surface area contributed by atoms with Gasteiger partial charge < -0.3 is 49.4 Å². The second-order valence-corrected chi connectivity index (χ2v) is 9.03. The van der Waals surface area contributed by atoms with E-state index in [-0.39, 0.29) is 41.5 Å². The molecule has 1 aliphatic heterocycles. The Hall–Kier alpha value is -3.20. The number of aliphatic carboxylic acids is 1. The summed E-state index contributed by atoms with van der Waals surface area (Å²) in [6.45, 7) is -0.531. The molecular weight excluding hydrogens is 540 g/mol. The summed E-state index contributed by atoms with van der Waals surface area (Å²) in [5.74, 6) is -1.03. The molecular formula is C25H31ClN2O11. The predicted octanol–water partition coefficient (Wildman–Crippen LogP) is 0.532. The number of aryl methyl sites for hydroxylation is 1. The zero-order valence-corrected chi connectivity index (χ0v) is 22.3. The Labute approximate surface area is 229 Å². The number of aliphatic hydroxyl groups excluding tert-OH is 3. The van der Waals surface area contributed by atoms with Crippen molar-refractivity contribution in [1.29, 1.82) is 0 Å². The standard InChI is InChI=1S/C25H31ClN2O11/c1-35-16-8-17(38-11-12-6-13(4-5-19(30)31)24(36-2)27-9-12)15(26)7-14(16)23(34)28-20-22(33)21(32)18(10-29)39-25(20)37-3/h6-9,18,20-22,25,29,32-33H,4-5,10-11H2,1-3H3,(H,28,34)(H,30,31)/t18-,20-,21-,22-,25+/m1/s1. The van der Waals surface area contributed by atoms with E-state index in [0.717, 1.165) is 0 Å². The average Bonchev–Trinajstić information content (AvgIpc) is 2.93. The van der Waals surface area contributed by atoms with Gasteiger partial charge in [0.1, 0.15) is 42.5 Å².